The maximum atomic E-state index is 12.8. The molecule has 2 rings (SSSR count). The van der Waals surface area contributed by atoms with E-state index in [1.807, 2.05) is 58.0 Å². The summed E-state index contributed by atoms with van der Waals surface area (Å²) >= 11 is 3.46. The minimum Gasteiger partial charge on any atom is -0.493 e. The Hall–Kier alpha value is -1.61. The maximum Gasteiger partial charge on any atom is 0.193 e. The zero-order chi connectivity index (χ0) is 15.6. The molecule has 0 unspecified atom stereocenters. The zero-order valence-corrected chi connectivity index (χ0v) is 14.4. The van der Waals surface area contributed by atoms with Gasteiger partial charge in [0.15, 0.2) is 5.78 Å². The average molecular weight is 347 g/mol. The number of carbonyl (C=O) groups excluding carboxylic acids is 1. The van der Waals surface area contributed by atoms with Gasteiger partial charge in [-0.15, -0.1) is 0 Å². The van der Waals surface area contributed by atoms with E-state index >= 15 is 0 Å². The van der Waals surface area contributed by atoms with Crippen molar-refractivity contribution in [3.8, 4) is 5.75 Å². The number of hydrogen-bond acceptors (Lipinski definition) is 2. The molecule has 0 aliphatic heterocycles. The van der Waals surface area contributed by atoms with Crippen molar-refractivity contribution in [1.29, 1.82) is 0 Å². The standard InChI is InChI=1S/C18H19BrO2/c1-5-21-16-7-6-14(10-15(16)19)18(20)17-12(3)8-11(2)9-13(17)4/h6-10H,5H2,1-4H3. The van der Waals surface area contributed by atoms with Gasteiger partial charge in [0.2, 0.25) is 0 Å². The number of benzene rings is 2. The van der Waals surface area contributed by atoms with Crippen LogP contribution in [0.3, 0.4) is 0 Å². The minimum absolute atomic E-state index is 0.0498. The Morgan fingerprint density at radius 3 is 2.24 bits per heavy atom. The van der Waals surface area contributed by atoms with E-state index in [9.17, 15) is 4.79 Å². The first-order chi connectivity index (χ1) is 9.93. The van der Waals surface area contributed by atoms with Crippen molar-refractivity contribution < 1.29 is 9.53 Å². The van der Waals surface area contributed by atoms with Crippen LogP contribution in [-0.2, 0) is 0 Å². The molecule has 2 nitrogen and oxygen atoms in total. The van der Waals surface area contributed by atoms with Crippen LogP contribution in [0.4, 0.5) is 0 Å². The Morgan fingerprint density at radius 2 is 1.71 bits per heavy atom. The van der Waals surface area contributed by atoms with Crippen molar-refractivity contribution in [3.63, 3.8) is 0 Å². The monoisotopic (exact) mass is 346 g/mol. The lowest BCUT2D eigenvalue weighted by Crippen LogP contribution is -2.07. The normalized spacial score (nSPS) is 10.5. The van der Waals surface area contributed by atoms with Crippen molar-refractivity contribution in [2.45, 2.75) is 27.7 Å². The molecule has 0 aliphatic rings. The third-order valence-electron chi connectivity index (χ3n) is 3.40. The van der Waals surface area contributed by atoms with Gasteiger partial charge in [0, 0.05) is 11.1 Å². The second-order valence-electron chi connectivity index (χ2n) is 5.18. The first-order valence-corrected chi connectivity index (χ1v) is 7.78. The number of ketones is 1. The molecule has 0 saturated carbocycles. The van der Waals surface area contributed by atoms with Gasteiger partial charge in [0.1, 0.15) is 5.75 Å². The summed E-state index contributed by atoms with van der Waals surface area (Å²) in [5, 5.41) is 0. The fourth-order valence-electron chi connectivity index (χ4n) is 2.60. The van der Waals surface area contributed by atoms with Crippen LogP contribution in [0.2, 0.25) is 0 Å². The van der Waals surface area contributed by atoms with E-state index in [-0.39, 0.29) is 5.78 Å². The predicted molar refractivity (Wildman–Crippen MR) is 89.4 cm³/mol. The first-order valence-electron chi connectivity index (χ1n) is 6.99. The molecular formula is C18H19BrO2. The largest absolute Gasteiger partial charge is 0.493 e. The van der Waals surface area contributed by atoms with Crippen LogP contribution < -0.4 is 4.74 Å². The zero-order valence-electron chi connectivity index (χ0n) is 12.8. The number of ether oxygens (including phenoxy) is 1. The molecule has 0 aromatic heterocycles. The Kier molecular flexibility index (Phi) is 4.84. The van der Waals surface area contributed by atoms with Crippen molar-refractivity contribution >= 4 is 21.7 Å². The number of halogens is 1. The van der Waals surface area contributed by atoms with Gasteiger partial charge >= 0.3 is 0 Å². The summed E-state index contributed by atoms with van der Waals surface area (Å²) in [4.78, 5) is 12.8. The fraction of sp³-hybridized carbons (Fsp3) is 0.278. The fourth-order valence-corrected chi connectivity index (χ4v) is 3.09. The van der Waals surface area contributed by atoms with Crippen molar-refractivity contribution in [3.05, 3.63) is 62.6 Å². The molecule has 0 spiro atoms. The first kappa shape index (κ1) is 15.8. The predicted octanol–water partition coefficient (Wildman–Crippen LogP) is 5.00. The van der Waals surface area contributed by atoms with Crippen LogP contribution in [0, 0.1) is 20.8 Å². The topological polar surface area (TPSA) is 26.3 Å². The van der Waals surface area contributed by atoms with Gasteiger partial charge in [-0.05, 0) is 73.0 Å². The molecule has 21 heavy (non-hydrogen) atoms. The molecule has 0 heterocycles. The minimum atomic E-state index is 0.0498. The van der Waals surface area contributed by atoms with E-state index in [0.29, 0.717) is 12.2 Å². The summed E-state index contributed by atoms with van der Waals surface area (Å²) in [7, 11) is 0. The number of aryl methyl sites for hydroxylation is 3. The highest BCUT2D eigenvalue weighted by molar-refractivity contribution is 9.10. The summed E-state index contributed by atoms with van der Waals surface area (Å²) < 4.78 is 6.29. The van der Waals surface area contributed by atoms with Gasteiger partial charge in [-0.25, -0.2) is 0 Å². The van der Waals surface area contributed by atoms with E-state index in [4.69, 9.17) is 4.74 Å². The Balaban J connectivity index is 2.43. The highest BCUT2D eigenvalue weighted by atomic mass is 79.9. The second kappa shape index (κ2) is 6.44. The Labute approximate surface area is 134 Å². The Bertz CT molecular complexity index is 667. The summed E-state index contributed by atoms with van der Waals surface area (Å²) in [6.07, 6.45) is 0. The van der Waals surface area contributed by atoms with E-state index < -0.39 is 0 Å². The van der Waals surface area contributed by atoms with Gasteiger partial charge < -0.3 is 4.74 Å². The van der Waals surface area contributed by atoms with Crippen LogP contribution in [0.5, 0.6) is 5.75 Å². The molecule has 0 fully saturated rings. The molecule has 0 radical (unpaired) electrons. The van der Waals surface area contributed by atoms with Crippen molar-refractivity contribution in [2.75, 3.05) is 6.61 Å². The third kappa shape index (κ3) is 3.35. The van der Waals surface area contributed by atoms with Crippen molar-refractivity contribution in [1.82, 2.24) is 0 Å². The van der Waals surface area contributed by atoms with Gasteiger partial charge in [-0.3, -0.25) is 4.79 Å². The molecule has 3 heteroatoms. The number of rotatable bonds is 4. The highest BCUT2D eigenvalue weighted by Gasteiger charge is 2.16. The quantitative estimate of drug-likeness (QED) is 0.727. The third-order valence-corrected chi connectivity index (χ3v) is 4.02. The summed E-state index contributed by atoms with van der Waals surface area (Å²) in [5.74, 6) is 0.806. The van der Waals surface area contributed by atoms with E-state index in [0.717, 1.165) is 26.9 Å². The lowest BCUT2D eigenvalue weighted by Gasteiger charge is -2.12. The van der Waals surface area contributed by atoms with Crippen molar-refractivity contribution in [2.24, 2.45) is 0 Å². The summed E-state index contributed by atoms with van der Waals surface area (Å²) in [5.41, 5.74) is 4.66. The molecule has 0 bridgehead atoms. The van der Waals surface area contributed by atoms with Crippen LogP contribution in [0.15, 0.2) is 34.8 Å². The van der Waals surface area contributed by atoms with Crippen LogP contribution in [-0.4, -0.2) is 12.4 Å². The number of carbonyl (C=O) groups is 1. The van der Waals surface area contributed by atoms with E-state index in [1.54, 1.807) is 0 Å². The molecule has 110 valence electrons. The van der Waals surface area contributed by atoms with Gasteiger partial charge in [0.25, 0.3) is 0 Å². The van der Waals surface area contributed by atoms with Gasteiger partial charge in [0.05, 0.1) is 11.1 Å². The van der Waals surface area contributed by atoms with E-state index in [2.05, 4.69) is 15.9 Å². The smallest absolute Gasteiger partial charge is 0.193 e. The van der Waals surface area contributed by atoms with Gasteiger partial charge in [-0.1, -0.05) is 17.7 Å². The van der Waals surface area contributed by atoms with Gasteiger partial charge in [-0.2, -0.15) is 0 Å². The number of hydrogen-bond donors (Lipinski definition) is 0. The lowest BCUT2D eigenvalue weighted by molar-refractivity contribution is 0.103. The van der Waals surface area contributed by atoms with Crippen LogP contribution in [0.25, 0.3) is 0 Å². The Morgan fingerprint density at radius 1 is 1.10 bits per heavy atom. The molecule has 0 amide bonds. The van der Waals surface area contributed by atoms with Crippen LogP contribution in [0.1, 0.15) is 39.5 Å². The van der Waals surface area contributed by atoms with E-state index in [1.165, 1.54) is 5.56 Å². The molecule has 0 N–H and O–H groups in total. The second-order valence-corrected chi connectivity index (χ2v) is 6.04. The molecule has 0 atom stereocenters. The summed E-state index contributed by atoms with van der Waals surface area (Å²) in [6.45, 7) is 8.54. The SMILES string of the molecule is CCOc1ccc(C(=O)c2c(C)cc(C)cc2C)cc1Br. The summed E-state index contributed by atoms with van der Waals surface area (Å²) in [6, 6.07) is 9.57. The molecule has 0 aliphatic carbocycles. The molecule has 2 aromatic rings. The lowest BCUT2D eigenvalue weighted by atomic mass is 9.93. The maximum absolute atomic E-state index is 12.8. The average Bonchev–Trinajstić information content (AvgIpc) is 2.40. The van der Waals surface area contributed by atoms with Crippen LogP contribution >= 0.6 is 15.9 Å². The molecule has 2 aromatic carbocycles. The highest BCUT2D eigenvalue weighted by Crippen LogP contribution is 2.28. The molecule has 0 saturated heterocycles. The molecular weight excluding hydrogens is 328 g/mol.